The number of amides is 1. The molecular formula is C20H24N2O3. The highest BCUT2D eigenvalue weighted by Gasteiger charge is 2.04. The fraction of sp³-hybridized carbons (Fsp3) is 0.300. The Morgan fingerprint density at radius 1 is 1.00 bits per heavy atom. The van der Waals surface area contributed by atoms with E-state index in [1.807, 2.05) is 36.4 Å². The van der Waals surface area contributed by atoms with Crippen LogP contribution in [0.15, 0.2) is 48.5 Å². The standard InChI is InChI=1S/C20H24N2O3/c1-15(23)16-7-9-18(10-8-16)21-14-12-20(24)22-13-11-17-5-3-4-6-19(17)25-2/h3-10,21H,11-14H2,1-2H3,(H,22,24). The van der Waals surface area contributed by atoms with Crippen LogP contribution in [0.3, 0.4) is 0 Å². The second kappa shape index (κ2) is 9.47. The first-order valence-corrected chi connectivity index (χ1v) is 8.33. The van der Waals surface area contributed by atoms with Gasteiger partial charge in [-0.05, 0) is 49.2 Å². The summed E-state index contributed by atoms with van der Waals surface area (Å²) in [5.74, 6) is 0.885. The number of ether oxygens (including phenoxy) is 1. The second-order valence-corrected chi connectivity index (χ2v) is 5.72. The molecule has 2 rings (SSSR count). The lowest BCUT2D eigenvalue weighted by atomic mass is 10.1. The maximum atomic E-state index is 11.9. The van der Waals surface area contributed by atoms with Crippen molar-refractivity contribution in [1.29, 1.82) is 0 Å². The molecule has 0 aromatic heterocycles. The van der Waals surface area contributed by atoms with E-state index in [2.05, 4.69) is 10.6 Å². The Morgan fingerprint density at radius 3 is 2.40 bits per heavy atom. The molecule has 0 spiro atoms. The quantitative estimate of drug-likeness (QED) is 0.689. The van der Waals surface area contributed by atoms with E-state index in [9.17, 15) is 9.59 Å². The second-order valence-electron chi connectivity index (χ2n) is 5.72. The van der Waals surface area contributed by atoms with Gasteiger partial charge in [-0.2, -0.15) is 0 Å². The third kappa shape index (κ3) is 5.95. The number of nitrogens with one attached hydrogen (secondary N) is 2. The van der Waals surface area contributed by atoms with E-state index in [1.54, 1.807) is 19.2 Å². The molecule has 0 fully saturated rings. The molecule has 0 aliphatic heterocycles. The van der Waals surface area contributed by atoms with Crippen LogP contribution in [0.5, 0.6) is 5.75 Å². The smallest absolute Gasteiger partial charge is 0.221 e. The molecule has 2 aromatic carbocycles. The van der Waals surface area contributed by atoms with E-state index in [4.69, 9.17) is 4.74 Å². The van der Waals surface area contributed by atoms with E-state index in [0.29, 0.717) is 25.1 Å². The number of Topliss-reactive ketones (excluding diaryl/α,β-unsaturated/α-hetero) is 1. The van der Waals surface area contributed by atoms with Gasteiger partial charge in [0.05, 0.1) is 7.11 Å². The first-order valence-electron chi connectivity index (χ1n) is 8.33. The molecule has 2 N–H and O–H groups in total. The molecule has 5 nitrogen and oxygen atoms in total. The molecule has 2 aromatic rings. The number of hydrogen-bond donors (Lipinski definition) is 2. The van der Waals surface area contributed by atoms with Gasteiger partial charge in [0.1, 0.15) is 5.75 Å². The van der Waals surface area contributed by atoms with Gasteiger partial charge >= 0.3 is 0 Å². The number of carbonyl (C=O) groups excluding carboxylic acids is 2. The van der Waals surface area contributed by atoms with Crippen molar-refractivity contribution in [2.24, 2.45) is 0 Å². The summed E-state index contributed by atoms with van der Waals surface area (Å²) in [5, 5.41) is 6.09. The molecule has 0 bridgehead atoms. The molecular weight excluding hydrogens is 316 g/mol. The van der Waals surface area contributed by atoms with Crippen molar-refractivity contribution in [3.05, 3.63) is 59.7 Å². The van der Waals surface area contributed by atoms with Crippen LogP contribution in [-0.4, -0.2) is 31.9 Å². The Balaban J connectivity index is 1.68. The van der Waals surface area contributed by atoms with Crippen molar-refractivity contribution < 1.29 is 14.3 Å². The average molecular weight is 340 g/mol. The first-order chi connectivity index (χ1) is 12.1. The normalized spacial score (nSPS) is 10.2. The monoisotopic (exact) mass is 340 g/mol. The molecule has 132 valence electrons. The van der Waals surface area contributed by atoms with Gasteiger partial charge in [-0.1, -0.05) is 18.2 Å². The fourth-order valence-corrected chi connectivity index (χ4v) is 2.48. The van der Waals surface area contributed by atoms with Crippen LogP contribution >= 0.6 is 0 Å². The van der Waals surface area contributed by atoms with Gasteiger partial charge in [0.25, 0.3) is 0 Å². The molecule has 0 aliphatic carbocycles. The van der Waals surface area contributed by atoms with Gasteiger partial charge in [0.15, 0.2) is 5.78 Å². The zero-order chi connectivity index (χ0) is 18.1. The zero-order valence-electron chi connectivity index (χ0n) is 14.7. The molecule has 0 radical (unpaired) electrons. The predicted molar refractivity (Wildman–Crippen MR) is 99.3 cm³/mol. The van der Waals surface area contributed by atoms with Gasteiger partial charge in [-0.25, -0.2) is 0 Å². The molecule has 0 saturated heterocycles. The highest BCUT2D eigenvalue weighted by Crippen LogP contribution is 2.17. The minimum absolute atomic E-state index is 0.00255. The minimum atomic E-state index is 0.00255. The lowest BCUT2D eigenvalue weighted by Crippen LogP contribution is -2.27. The summed E-state index contributed by atoms with van der Waals surface area (Å²) in [6, 6.07) is 15.0. The molecule has 25 heavy (non-hydrogen) atoms. The Labute approximate surface area is 148 Å². The summed E-state index contributed by atoms with van der Waals surface area (Å²) < 4.78 is 5.30. The van der Waals surface area contributed by atoms with E-state index in [0.717, 1.165) is 23.4 Å². The number of ketones is 1. The predicted octanol–water partition coefficient (Wildman–Crippen LogP) is 3.06. The maximum Gasteiger partial charge on any atom is 0.221 e. The lowest BCUT2D eigenvalue weighted by molar-refractivity contribution is -0.120. The summed E-state index contributed by atoms with van der Waals surface area (Å²) in [4.78, 5) is 23.1. The van der Waals surface area contributed by atoms with Gasteiger partial charge in [-0.3, -0.25) is 9.59 Å². The summed E-state index contributed by atoms with van der Waals surface area (Å²) in [6.45, 7) is 2.66. The van der Waals surface area contributed by atoms with Crippen molar-refractivity contribution >= 4 is 17.4 Å². The summed E-state index contributed by atoms with van der Waals surface area (Å²) in [7, 11) is 1.64. The van der Waals surface area contributed by atoms with Crippen LogP contribution < -0.4 is 15.4 Å². The van der Waals surface area contributed by atoms with Crippen LogP contribution in [0.2, 0.25) is 0 Å². The molecule has 5 heteroatoms. The van der Waals surface area contributed by atoms with Crippen molar-refractivity contribution in [2.45, 2.75) is 19.8 Å². The third-order valence-corrected chi connectivity index (χ3v) is 3.88. The van der Waals surface area contributed by atoms with Gasteiger partial charge in [0.2, 0.25) is 5.91 Å². The van der Waals surface area contributed by atoms with E-state index in [1.165, 1.54) is 6.92 Å². The Bertz CT molecular complexity index is 711. The Hall–Kier alpha value is -2.82. The first kappa shape index (κ1) is 18.5. The number of hydrogen-bond acceptors (Lipinski definition) is 4. The molecule has 0 atom stereocenters. The lowest BCUT2D eigenvalue weighted by Gasteiger charge is -2.10. The van der Waals surface area contributed by atoms with Crippen molar-refractivity contribution in [3.8, 4) is 5.75 Å². The van der Waals surface area contributed by atoms with Crippen LogP contribution in [0.4, 0.5) is 5.69 Å². The van der Waals surface area contributed by atoms with Crippen LogP contribution in [0.25, 0.3) is 0 Å². The topological polar surface area (TPSA) is 67.4 Å². The van der Waals surface area contributed by atoms with Crippen LogP contribution in [-0.2, 0) is 11.2 Å². The Morgan fingerprint density at radius 2 is 1.72 bits per heavy atom. The average Bonchev–Trinajstić information content (AvgIpc) is 2.62. The SMILES string of the molecule is COc1ccccc1CCNC(=O)CCNc1ccc(C(C)=O)cc1. The molecule has 0 aliphatic rings. The number of carbonyl (C=O) groups is 2. The van der Waals surface area contributed by atoms with Crippen molar-refractivity contribution in [3.63, 3.8) is 0 Å². The summed E-state index contributed by atoms with van der Waals surface area (Å²) in [5.41, 5.74) is 2.65. The largest absolute Gasteiger partial charge is 0.496 e. The number of para-hydroxylation sites is 1. The fourth-order valence-electron chi connectivity index (χ4n) is 2.48. The number of benzene rings is 2. The number of rotatable bonds is 9. The van der Waals surface area contributed by atoms with Gasteiger partial charge in [0, 0.05) is 30.8 Å². The molecule has 0 saturated carbocycles. The number of methoxy groups -OCH3 is 1. The summed E-state index contributed by atoms with van der Waals surface area (Å²) >= 11 is 0. The molecule has 0 heterocycles. The summed E-state index contributed by atoms with van der Waals surface area (Å²) in [6.07, 6.45) is 1.12. The minimum Gasteiger partial charge on any atom is -0.496 e. The van der Waals surface area contributed by atoms with E-state index >= 15 is 0 Å². The highest BCUT2D eigenvalue weighted by molar-refractivity contribution is 5.94. The highest BCUT2D eigenvalue weighted by atomic mass is 16.5. The van der Waals surface area contributed by atoms with Gasteiger partial charge in [-0.15, -0.1) is 0 Å². The molecule has 0 unspecified atom stereocenters. The van der Waals surface area contributed by atoms with Crippen molar-refractivity contribution in [1.82, 2.24) is 5.32 Å². The van der Waals surface area contributed by atoms with Crippen LogP contribution in [0.1, 0.15) is 29.3 Å². The van der Waals surface area contributed by atoms with Crippen LogP contribution in [0, 0.1) is 0 Å². The van der Waals surface area contributed by atoms with Crippen molar-refractivity contribution in [2.75, 3.05) is 25.5 Å². The molecule has 1 amide bonds. The number of anilines is 1. The maximum absolute atomic E-state index is 11.9. The third-order valence-electron chi connectivity index (χ3n) is 3.88. The zero-order valence-corrected chi connectivity index (χ0v) is 14.7. The Kier molecular flexibility index (Phi) is 7.01. The van der Waals surface area contributed by atoms with E-state index < -0.39 is 0 Å². The van der Waals surface area contributed by atoms with E-state index in [-0.39, 0.29) is 11.7 Å². The van der Waals surface area contributed by atoms with Gasteiger partial charge < -0.3 is 15.4 Å².